The van der Waals surface area contributed by atoms with Crippen molar-refractivity contribution in [1.82, 2.24) is 0 Å². The largest absolute Gasteiger partial charge is 0.495 e. The Hall–Kier alpha value is 0.190. The molecule has 0 atom stereocenters. The number of thiophene rings is 1. The topological polar surface area (TPSA) is 9.23 Å². The Kier molecular flexibility index (Phi) is 3.34. The molecular weight excluding hydrogens is 375 g/mol. The van der Waals surface area contributed by atoms with Crippen molar-refractivity contribution in [3.8, 4) is 5.75 Å². The van der Waals surface area contributed by atoms with Gasteiger partial charge in [-0.05, 0) is 28.7 Å². The summed E-state index contributed by atoms with van der Waals surface area (Å²) >= 11 is 7.69. The third-order valence-electron chi connectivity index (χ3n) is 2.03. The zero-order chi connectivity index (χ0) is 10.1. The van der Waals surface area contributed by atoms with Gasteiger partial charge in [-0.15, -0.1) is 11.3 Å². The molecule has 0 saturated carbocycles. The lowest BCUT2D eigenvalue weighted by Gasteiger charge is -1.99. The van der Waals surface area contributed by atoms with E-state index < -0.39 is 0 Å². The number of alkyl halides is 1. The van der Waals surface area contributed by atoms with Gasteiger partial charge in [0.25, 0.3) is 0 Å². The van der Waals surface area contributed by atoms with E-state index in [4.69, 9.17) is 4.74 Å². The number of hydrogen-bond donors (Lipinski definition) is 0. The normalized spacial score (nSPS) is 10.8. The summed E-state index contributed by atoms with van der Waals surface area (Å²) in [4.78, 5) is 1.37. The second kappa shape index (κ2) is 4.37. The maximum Gasteiger partial charge on any atom is 0.136 e. The quantitative estimate of drug-likeness (QED) is 0.552. The average molecular weight is 383 g/mol. The zero-order valence-electron chi connectivity index (χ0n) is 7.51. The molecule has 0 fully saturated rings. The van der Waals surface area contributed by atoms with Gasteiger partial charge in [0.1, 0.15) is 5.75 Å². The van der Waals surface area contributed by atoms with E-state index >= 15 is 0 Å². The number of rotatable bonds is 2. The van der Waals surface area contributed by atoms with Crippen molar-refractivity contribution >= 4 is 59.9 Å². The Morgan fingerprint density at radius 1 is 1.50 bits per heavy atom. The third-order valence-corrected chi connectivity index (χ3v) is 5.78. The maximum atomic E-state index is 5.33. The van der Waals surface area contributed by atoms with Crippen molar-refractivity contribution in [3.05, 3.63) is 26.6 Å². The maximum absolute atomic E-state index is 5.33. The summed E-state index contributed by atoms with van der Waals surface area (Å²) in [6.45, 7) is 0. The minimum Gasteiger partial charge on any atom is -0.495 e. The first kappa shape index (κ1) is 10.7. The Morgan fingerprint density at radius 2 is 2.29 bits per heavy atom. The molecule has 0 saturated heterocycles. The highest BCUT2D eigenvalue weighted by Crippen LogP contribution is 2.38. The average Bonchev–Trinajstić information content (AvgIpc) is 2.55. The first-order valence-corrected chi connectivity index (χ1v) is 7.09. The first-order chi connectivity index (χ1) is 6.77. The van der Waals surface area contributed by atoms with Gasteiger partial charge in [-0.3, -0.25) is 0 Å². The summed E-state index contributed by atoms with van der Waals surface area (Å²) in [6, 6.07) is 6.18. The lowest BCUT2D eigenvalue weighted by Crippen LogP contribution is -1.81. The molecule has 1 heterocycles. The SMILES string of the molecule is COc1cccc2c(I)c(CBr)sc12. The predicted molar refractivity (Wildman–Crippen MR) is 73.7 cm³/mol. The van der Waals surface area contributed by atoms with Crippen molar-refractivity contribution < 1.29 is 4.74 Å². The molecule has 0 bridgehead atoms. The van der Waals surface area contributed by atoms with Crippen LogP contribution >= 0.6 is 49.9 Å². The van der Waals surface area contributed by atoms with Crippen LogP contribution in [0, 0.1) is 3.57 Å². The summed E-state index contributed by atoms with van der Waals surface area (Å²) in [6.07, 6.45) is 0. The van der Waals surface area contributed by atoms with Crippen LogP contribution in [0.4, 0.5) is 0 Å². The molecule has 0 spiro atoms. The van der Waals surface area contributed by atoms with Gasteiger partial charge in [-0.2, -0.15) is 0 Å². The molecule has 1 nitrogen and oxygen atoms in total. The van der Waals surface area contributed by atoms with Gasteiger partial charge in [0.15, 0.2) is 0 Å². The minimum absolute atomic E-state index is 0.910. The van der Waals surface area contributed by atoms with Crippen LogP contribution in [-0.4, -0.2) is 7.11 Å². The van der Waals surface area contributed by atoms with Crippen molar-refractivity contribution in [2.75, 3.05) is 7.11 Å². The van der Waals surface area contributed by atoms with Gasteiger partial charge in [0.2, 0.25) is 0 Å². The van der Waals surface area contributed by atoms with E-state index in [2.05, 4.69) is 44.6 Å². The smallest absolute Gasteiger partial charge is 0.136 e. The van der Waals surface area contributed by atoms with Crippen LogP contribution < -0.4 is 4.74 Å². The molecule has 1 aromatic carbocycles. The fraction of sp³-hybridized carbons (Fsp3) is 0.200. The molecule has 0 amide bonds. The molecule has 74 valence electrons. The van der Waals surface area contributed by atoms with E-state index in [0.29, 0.717) is 0 Å². The second-order valence-electron chi connectivity index (χ2n) is 2.81. The Balaban J connectivity index is 2.77. The van der Waals surface area contributed by atoms with Gasteiger partial charge in [0, 0.05) is 19.2 Å². The van der Waals surface area contributed by atoms with E-state index in [-0.39, 0.29) is 0 Å². The molecule has 0 aliphatic heterocycles. The molecular formula is C10H8BrIOS. The monoisotopic (exact) mass is 382 g/mol. The fourth-order valence-corrected chi connectivity index (χ4v) is 4.69. The number of hydrogen-bond acceptors (Lipinski definition) is 2. The van der Waals surface area contributed by atoms with Crippen molar-refractivity contribution in [3.63, 3.8) is 0 Å². The summed E-state index contributed by atoms with van der Waals surface area (Å²) in [7, 11) is 1.72. The number of methoxy groups -OCH3 is 1. The minimum atomic E-state index is 0.910. The Bertz CT molecular complexity index is 466. The molecule has 14 heavy (non-hydrogen) atoms. The zero-order valence-corrected chi connectivity index (χ0v) is 12.1. The van der Waals surface area contributed by atoms with Crippen LogP contribution in [0.3, 0.4) is 0 Å². The highest BCUT2D eigenvalue weighted by atomic mass is 127. The van der Waals surface area contributed by atoms with Gasteiger partial charge in [-0.25, -0.2) is 0 Å². The lowest BCUT2D eigenvalue weighted by molar-refractivity contribution is 0.420. The summed E-state index contributed by atoms with van der Waals surface area (Å²) in [5.74, 6) is 0.970. The molecule has 0 unspecified atom stereocenters. The van der Waals surface area contributed by atoms with Crippen molar-refractivity contribution in [2.45, 2.75) is 5.33 Å². The molecule has 2 aromatic rings. The van der Waals surface area contributed by atoms with Crippen LogP contribution in [0.1, 0.15) is 4.88 Å². The number of fused-ring (bicyclic) bond motifs is 1. The van der Waals surface area contributed by atoms with Gasteiger partial charge < -0.3 is 4.74 Å². The van der Waals surface area contributed by atoms with Gasteiger partial charge in [-0.1, -0.05) is 28.1 Å². The van der Waals surface area contributed by atoms with Crippen LogP contribution in [0.25, 0.3) is 10.1 Å². The highest BCUT2D eigenvalue weighted by molar-refractivity contribution is 14.1. The Labute approximate surface area is 109 Å². The van der Waals surface area contributed by atoms with Crippen LogP contribution in [0.5, 0.6) is 5.75 Å². The summed E-state index contributed by atoms with van der Waals surface area (Å²) in [5, 5.41) is 2.21. The molecule has 2 rings (SSSR count). The standard InChI is InChI=1S/C10H8BrIOS/c1-13-7-4-2-3-6-9(12)8(5-11)14-10(6)7/h2-4H,5H2,1H3. The molecule has 0 aliphatic rings. The van der Waals surface area contributed by atoms with Crippen molar-refractivity contribution in [2.24, 2.45) is 0 Å². The lowest BCUT2D eigenvalue weighted by atomic mass is 10.2. The van der Waals surface area contributed by atoms with E-state index in [0.717, 1.165) is 11.1 Å². The van der Waals surface area contributed by atoms with E-state index in [1.165, 1.54) is 18.5 Å². The summed E-state index contributed by atoms with van der Waals surface area (Å²) in [5.41, 5.74) is 0. The van der Waals surface area contributed by atoms with Crippen LogP contribution in [-0.2, 0) is 5.33 Å². The fourth-order valence-electron chi connectivity index (χ4n) is 1.36. The predicted octanol–water partition coefficient (Wildman–Crippen LogP) is 4.41. The first-order valence-electron chi connectivity index (χ1n) is 4.07. The third kappa shape index (κ3) is 1.67. The molecule has 0 N–H and O–H groups in total. The van der Waals surface area contributed by atoms with Crippen molar-refractivity contribution in [1.29, 1.82) is 0 Å². The van der Waals surface area contributed by atoms with Gasteiger partial charge >= 0.3 is 0 Å². The van der Waals surface area contributed by atoms with E-state index in [9.17, 15) is 0 Å². The molecule has 1 aromatic heterocycles. The van der Waals surface area contributed by atoms with Crippen LogP contribution in [0.2, 0.25) is 0 Å². The number of halogens is 2. The molecule has 0 radical (unpaired) electrons. The van der Waals surface area contributed by atoms with E-state index in [1.807, 2.05) is 12.1 Å². The molecule has 0 aliphatic carbocycles. The van der Waals surface area contributed by atoms with E-state index in [1.54, 1.807) is 18.4 Å². The van der Waals surface area contributed by atoms with Gasteiger partial charge in [0.05, 0.1) is 11.8 Å². The highest BCUT2D eigenvalue weighted by Gasteiger charge is 2.11. The Morgan fingerprint density at radius 3 is 2.93 bits per heavy atom. The molecule has 4 heteroatoms. The second-order valence-corrected chi connectivity index (χ2v) is 5.55. The van der Waals surface area contributed by atoms with Crippen LogP contribution in [0.15, 0.2) is 18.2 Å². The number of ether oxygens (including phenoxy) is 1. The number of benzene rings is 1. The summed E-state index contributed by atoms with van der Waals surface area (Å²) < 4.78 is 7.91.